The highest BCUT2D eigenvalue weighted by Crippen LogP contribution is 2.23. The van der Waals surface area contributed by atoms with Gasteiger partial charge in [0.25, 0.3) is 0 Å². The molecular weight excluding hydrogens is 340 g/mol. The van der Waals surface area contributed by atoms with E-state index in [2.05, 4.69) is 14.7 Å². The van der Waals surface area contributed by atoms with Gasteiger partial charge in [-0.25, -0.2) is 17.7 Å². The van der Waals surface area contributed by atoms with E-state index in [0.717, 1.165) is 30.6 Å². The molecule has 25 heavy (non-hydrogen) atoms. The van der Waals surface area contributed by atoms with Crippen molar-refractivity contribution in [3.8, 4) is 0 Å². The van der Waals surface area contributed by atoms with Crippen LogP contribution in [0.15, 0.2) is 41.2 Å². The lowest BCUT2D eigenvalue weighted by molar-refractivity contribution is 0.303. The minimum absolute atomic E-state index is 0.149. The van der Waals surface area contributed by atoms with Gasteiger partial charge >= 0.3 is 0 Å². The molecule has 1 aromatic carbocycles. The van der Waals surface area contributed by atoms with E-state index >= 15 is 0 Å². The Kier molecular flexibility index (Phi) is 4.09. The molecule has 1 atom stereocenters. The lowest BCUT2D eigenvalue weighted by Gasteiger charge is -2.27. The van der Waals surface area contributed by atoms with Gasteiger partial charge in [0.2, 0.25) is 10.0 Å². The lowest BCUT2D eigenvalue weighted by atomic mass is 10.00. The molecule has 0 aliphatic carbocycles. The molecule has 7 nitrogen and oxygen atoms in total. The van der Waals surface area contributed by atoms with Gasteiger partial charge < -0.3 is 9.09 Å². The molecule has 0 amide bonds. The largest absolute Gasteiger partial charge is 0.356 e. The number of nitrogens with zero attached hydrogens (tertiary/aromatic N) is 4. The van der Waals surface area contributed by atoms with Gasteiger partial charge in [0.05, 0.1) is 0 Å². The Bertz CT molecular complexity index is 992. The average molecular weight is 360 g/mol. The monoisotopic (exact) mass is 360 g/mol. The first kappa shape index (κ1) is 16.3. The first-order valence-corrected chi connectivity index (χ1v) is 9.91. The molecule has 3 aromatic rings. The van der Waals surface area contributed by atoms with Crippen LogP contribution in [0.1, 0.15) is 17.9 Å². The van der Waals surface area contributed by atoms with Crippen molar-refractivity contribution in [2.45, 2.75) is 25.1 Å². The summed E-state index contributed by atoms with van der Waals surface area (Å²) in [7, 11) is -1.81. The van der Waals surface area contributed by atoms with Crippen LogP contribution in [0, 0.1) is 5.92 Å². The summed E-state index contributed by atoms with van der Waals surface area (Å²) in [6.07, 6.45) is 5.59. The molecule has 1 aliphatic rings. The third-order valence-electron chi connectivity index (χ3n) is 4.79. The van der Waals surface area contributed by atoms with Gasteiger partial charge in [-0.15, -0.1) is 0 Å². The zero-order chi connectivity index (χ0) is 17.4. The van der Waals surface area contributed by atoms with Crippen LogP contribution in [-0.2, 0) is 28.7 Å². The van der Waals surface area contributed by atoms with E-state index < -0.39 is 10.0 Å². The fourth-order valence-electron chi connectivity index (χ4n) is 3.39. The van der Waals surface area contributed by atoms with Crippen molar-refractivity contribution in [1.29, 1.82) is 0 Å². The quantitative estimate of drug-likeness (QED) is 0.695. The molecular formula is C17H20N4O3S. The molecule has 1 unspecified atom stereocenters. The van der Waals surface area contributed by atoms with E-state index in [1.54, 1.807) is 19.3 Å². The van der Waals surface area contributed by atoms with Gasteiger partial charge in [-0.3, -0.25) is 0 Å². The number of benzene rings is 1. The molecule has 0 radical (unpaired) electrons. The first-order chi connectivity index (χ1) is 12.0. The van der Waals surface area contributed by atoms with Crippen LogP contribution in [0.4, 0.5) is 0 Å². The van der Waals surface area contributed by atoms with Gasteiger partial charge in [0.1, 0.15) is 17.3 Å². The maximum absolute atomic E-state index is 12.7. The van der Waals surface area contributed by atoms with Crippen molar-refractivity contribution >= 4 is 21.0 Å². The van der Waals surface area contributed by atoms with Crippen LogP contribution < -0.4 is 0 Å². The van der Waals surface area contributed by atoms with Crippen molar-refractivity contribution < 1.29 is 12.9 Å². The average Bonchev–Trinajstić information content (AvgIpc) is 3.21. The smallest absolute Gasteiger partial charge is 0.219 e. The Morgan fingerprint density at radius 2 is 2.20 bits per heavy atom. The summed E-state index contributed by atoms with van der Waals surface area (Å²) in [6, 6.07) is 7.31. The van der Waals surface area contributed by atoms with Crippen LogP contribution >= 0.6 is 0 Å². The second-order valence-corrected chi connectivity index (χ2v) is 8.64. The van der Waals surface area contributed by atoms with Crippen molar-refractivity contribution in [1.82, 2.24) is 19.0 Å². The lowest BCUT2D eigenvalue weighted by Crippen LogP contribution is -2.36. The van der Waals surface area contributed by atoms with Crippen LogP contribution in [0.2, 0.25) is 0 Å². The molecule has 0 N–H and O–H groups in total. The number of aryl methyl sites for hydroxylation is 1. The van der Waals surface area contributed by atoms with Crippen LogP contribution in [0.25, 0.3) is 11.0 Å². The standard InChI is InChI=1S/C17H20N4O3S/c1-20(10-13-6-7-17-18-8-9-21(17)11-13)25(22,23)12-15-14-4-2-3-5-16(14)24-19-15/h2-5,8-9,13H,6-7,10-12H2,1H3. The van der Waals surface area contributed by atoms with E-state index in [9.17, 15) is 8.42 Å². The number of para-hydroxylation sites is 1. The van der Waals surface area contributed by atoms with Gasteiger partial charge in [-0.2, -0.15) is 0 Å². The molecule has 3 heterocycles. The van der Waals surface area contributed by atoms with Crippen LogP contribution in [0.3, 0.4) is 0 Å². The molecule has 8 heteroatoms. The predicted octanol–water partition coefficient (Wildman–Crippen LogP) is 2.05. The van der Waals surface area contributed by atoms with E-state index in [1.165, 1.54) is 4.31 Å². The van der Waals surface area contributed by atoms with Gasteiger partial charge in [-0.1, -0.05) is 17.3 Å². The minimum atomic E-state index is -3.45. The van der Waals surface area contributed by atoms with E-state index in [4.69, 9.17) is 4.52 Å². The van der Waals surface area contributed by atoms with Crippen molar-refractivity contribution in [3.63, 3.8) is 0 Å². The highest BCUT2D eigenvalue weighted by atomic mass is 32.2. The number of fused-ring (bicyclic) bond motifs is 2. The summed E-state index contributed by atoms with van der Waals surface area (Å²) < 4.78 is 34.2. The highest BCUT2D eigenvalue weighted by molar-refractivity contribution is 7.88. The number of hydrogen-bond donors (Lipinski definition) is 0. The Morgan fingerprint density at radius 3 is 3.08 bits per heavy atom. The number of aromatic nitrogens is 3. The molecule has 0 saturated carbocycles. The normalized spacial score (nSPS) is 17.9. The third kappa shape index (κ3) is 3.19. The molecule has 2 aromatic heterocycles. The maximum Gasteiger partial charge on any atom is 0.219 e. The Balaban J connectivity index is 1.47. The highest BCUT2D eigenvalue weighted by Gasteiger charge is 2.27. The predicted molar refractivity (Wildman–Crippen MR) is 93.3 cm³/mol. The second-order valence-electron chi connectivity index (χ2n) is 6.56. The Hall–Kier alpha value is -2.19. The first-order valence-electron chi connectivity index (χ1n) is 8.30. The second kappa shape index (κ2) is 6.27. The SMILES string of the molecule is CN(CC1CCc2nccn2C1)S(=O)(=O)Cc1noc2ccccc12. The van der Waals surface area contributed by atoms with E-state index in [0.29, 0.717) is 17.8 Å². The molecule has 0 spiro atoms. The molecule has 0 bridgehead atoms. The number of imidazole rings is 1. The van der Waals surface area contributed by atoms with Gasteiger partial charge in [0.15, 0.2) is 5.58 Å². The summed E-state index contributed by atoms with van der Waals surface area (Å²) in [5.41, 5.74) is 1.07. The number of rotatable bonds is 5. The molecule has 132 valence electrons. The van der Waals surface area contributed by atoms with Crippen molar-refractivity contribution in [3.05, 3.63) is 48.2 Å². The maximum atomic E-state index is 12.7. The molecule has 1 aliphatic heterocycles. The zero-order valence-corrected chi connectivity index (χ0v) is 14.8. The topological polar surface area (TPSA) is 81.2 Å². The summed E-state index contributed by atoms with van der Waals surface area (Å²) in [4.78, 5) is 4.31. The fraction of sp³-hybridized carbons (Fsp3) is 0.412. The molecule has 4 rings (SSSR count). The summed E-state index contributed by atoms with van der Waals surface area (Å²) >= 11 is 0. The fourth-order valence-corrected chi connectivity index (χ4v) is 4.60. The minimum Gasteiger partial charge on any atom is -0.356 e. The van der Waals surface area contributed by atoms with Crippen LogP contribution in [0.5, 0.6) is 0 Å². The number of sulfonamides is 1. The van der Waals surface area contributed by atoms with Crippen LogP contribution in [-0.4, -0.2) is 41.0 Å². The van der Waals surface area contributed by atoms with E-state index in [-0.39, 0.29) is 11.7 Å². The van der Waals surface area contributed by atoms with E-state index in [1.807, 2.05) is 24.4 Å². The number of hydrogen-bond acceptors (Lipinski definition) is 5. The van der Waals surface area contributed by atoms with Gasteiger partial charge in [0, 0.05) is 44.3 Å². The summed E-state index contributed by atoms with van der Waals surface area (Å²) in [5, 5.41) is 4.69. The molecule has 0 saturated heterocycles. The van der Waals surface area contributed by atoms with Gasteiger partial charge in [-0.05, 0) is 24.5 Å². The Morgan fingerprint density at radius 1 is 1.36 bits per heavy atom. The van der Waals surface area contributed by atoms with Crippen molar-refractivity contribution in [2.24, 2.45) is 5.92 Å². The Labute approximate surface area is 146 Å². The summed E-state index contributed by atoms with van der Waals surface area (Å²) in [6.45, 7) is 1.30. The summed E-state index contributed by atoms with van der Waals surface area (Å²) in [5.74, 6) is 1.22. The van der Waals surface area contributed by atoms with Crippen molar-refractivity contribution in [2.75, 3.05) is 13.6 Å². The molecule has 0 fully saturated rings. The zero-order valence-electron chi connectivity index (χ0n) is 14.0. The third-order valence-corrected chi connectivity index (χ3v) is 6.53.